The lowest BCUT2D eigenvalue weighted by Crippen LogP contribution is -2.58. The summed E-state index contributed by atoms with van der Waals surface area (Å²) in [4.78, 5) is 2.76. The molecule has 2 heteroatoms. The molecule has 5 fully saturated rings. The molecule has 4 saturated carbocycles. The van der Waals surface area contributed by atoms with E-state index in [2.05, 4.69) is 24.2 Å². The van der Waals surface area contributed by atoms with Crippen LogP contribution in [0.5, 0.6) is 0 Å². The summed E-state index contributed by atoms with van der Waals surface area (Å²) in [6, 6.07) is 1.57. The number of nitrogens with one attached hydrogen (secondary N) is 1. The predicted molar refractivity (Wildman–Crippen MR) is 83.7 cm³/mol. The molecule has 114 valence electrons. The lowest BCUT2D eigenvalue weighted by atomic mass is 9.47. The first-order valence-corrected chi connectivity index (χ1v) is 9.10. The van der Waals surface area contributed by atoms with Crippen LogP contribution in [-0.4, -0.2) is 37.1 Å². The van der Waals surface area contributed by atoms with E-state index in [0.29, 0.717) is 5.41 Å². The van der Waals surface area contributed by atoms with Crippen molar-refractivity contribution in [3.8, 4) is 0 Å². The minimum Gasteiger partial charge on any atom is -0.315 e. The van der Waals surface area contributed by atoms with Crippen molar-refractivity contribution < 1.29 is 0 Å². The molecule has 20 heavy (non-hydrogen) atoms. The van der Waals surface area contributed by atoms with Crippen molar-refractivity contribution in [3.05, 3.63) is 0 Å². The number of likely N-dealkylation sites (tertiary alicyclic amines) is 1. The SMILES string of the molecule is CNC(CN1CCCC1C)C12CC3CC(CC(C3)C1)C2. The van der Waals surface area contributed by atoms with Crippen molar-refractivity contribution in [1.82, 2.24) is 10.2 Å². The standard InChI is InChI=1S/C18H32N2/c1-13-4-3-5-20(13)12-17(19-2)18-9-14-6-15(10-18)8-16(7-14)11-18/h13-17,19H,3-12H2,1-2H3. The molecule has 2 nitrogen and oxygen atoms in total. The van der Waals surface area contributed by atoms with Gasteiger partial charge in [0.05, 0.1) is 0 Å². The zero-order valence-electron chi connectivity index (χ0n) is 13.4. The average molecular weight is 276 g/mol. The van der Waals surface area contributed by atoms with Gasteiger partial charge in [-0.25, -0.2) is 0 Å². The highest BCUT2D eigenvalue weighted by atomic mass is 15.2. The van der Waals surface area contributed by atoms with Crippen molar-refractivity contribution in [2.24, 2.45) is 23.2 Å². The van der Waals surface area contributed by atoms with Gasteiger partial charge in [0.15, 0.2) is 0 Å². The van der Waals surface area contributed by atoms with E-state index >= 15 is 0 Å². The highest BCUT2D eigenvalue weighted by Gasteiger charge is 2.54. The van der Waals surface area contributed by atoms with Gasteiger partial charge in [0.25, 0.3) is 0 Å². The van der Waals surface area contributed by atoms with E-state index in [1.54, 1.807) is 19.3 Å². The first-order valence-electron chi connectivity index (χ1n) is 9.10. The Hall–Kier alpha value is -0.0800. The van der Waals surface area contributed by atoms with Gasteiger partial charge >= 0.3 is 0 Å². The first-order chi connectivity index (χ1) is 9.68. The van der Waals surface area contributed by atoms with Crippen LogP contribution < -0.4 is 5.32 Å². The Bertz CT molecular complexity index is 329. The molecule has 5 rings (SSSR count). The molecular formula is C18H32N2. The fourth-order valence-electron chi connectivity index (χ4n) is 6.69. The molecule has 0 aromatic rings. The van der Waals surface area contributed by atoms with Gasteiger partial charge in [-0.05, 0) is 95.1 Å². The second-order valence-electron chi connectivity index (χ2n) is 8.61. The van der Waals surface area contributed by atoms with E-state index in [0.717, 1.165) is 29.8 Å². The van der Waals surface area contributed by atoms with E-state index in [1.165, 1.54) is 45.2 Å². The molecule has 1 N–H and O–H groups in total. The second kappa shape index (κ2) is 4.98. The van der Waals surface area contributed by atoms with Crippen molar-refractivity contribution in [1.29, 1.82) is 0 Å². The predicted octanol–water partition coefficient (Wildman–Crippen LogP) is 3.28. The summed E-state index contributed by atoms with van der Waals surface area (Å²) >= 11 is 0. The molecule has 4 bridgehead atoms. The fraction of sp³-hybridized carbons (Fsp3) is 1.00. The molecule has 1 heterocycles. The summed E-state index contributed by atoms with van der Waals surface area (Å²) in [6.07, 6.45) is 12.1. The molecule has 2 atom stereocenters. The summed E-state index contributed by atoms with van der Waals surface area (Å²) in [5, 5.41) is 3.76. The third-order valence-corrected chi connectivity index (χ3v) is 7.28. The Balaban J connectivity index is 1.52. The zero-order chi connectivity index (χ0) is 13.7. The summed E-state index contributed by atoms with van der Waals surface area (Å²) in [5.74, 6) is 3.23. The molecule has 4 aliphatic carbocycles. The molecule has 0 aromatic carbocycles. The summed E-state index contributed by atoms with van der Waals surface area (Å²) < 4.78 is 0. The quantitative estimate of drug-likeness (QED) is 0.848. The smallest absolute Gasteiger partial charge is 0.0248 e. The first kappa shape index (κ1) is 13.6. The van der Waals surface area contributed by atoms with Gasteiger partial charge in [-0.15, -0.1) is 0 Å². The van der Waals surface area contributed by atoms with Crippen molar-refractivity contribution in [3.63, 3.8) is 0 Å². The molecule has 0 aromatic heterocycles. The highest BCUT2D eigenvalue weighted by Crippen LogP contribution is 2.61. The number of rotatable bonds is 4. The molecule has 5 aliphatic rings. The molecule has 2 unspecified atom stereocenters. The Kier molecular flexibility index (Phi) is 3.38. The maximum Gasteiger partial charge on any atom is 0.0248 e. The third kappa shape index (κ3) is 2.14. The highest BCUT2D eigenvalue weighted by molar-refractivity contribution is 5.06. The van der Waals surface area contributed by atoms with Crippen LogP contribution in [0.25, 0.3) is 0 Å². The molecule has 1 aliphatic heterocycles. The fourth-order valence-corrected chi connectivity index (χ4v) is 6.69. The maximum atomic E-state index is 3.76. The molecule has 0 radical (unpaired) electrons. The molecule has 0 amide bonds. The number of hydrogen-bond acceptors (Lipinski definition) is 2. The van der Waals surface area contributed by atoms with E-state index in [1.807, 2.05) is 0 Å². The van der Waals surface area contributed by atoms with Gasteiger partial charge < -0.3 is 5.32 Å². The summed E-state index contributed by atoms with van der Waals surface area (Å²) in [7, 11) is 2.23. The summed E-state index contributed by atoms with van der Waals surface area (Å²) in [5.41, 5.74) is 0.659. The Morgan fingerprint density at radius 1 is 1.10 bits per heavy atom. The lowest BCUT2D eigenvalue weighted by Gasteiger charge is -2.60. The van der Waals surface area contributed by atoms with Gasteiger partial charge in [-0.1, -0.05) is 0 Å². The number of hydrogen-bond donors (Lipinski definition) is 1. The molecular weight excluding hydrogens is 244 g/mol. The van der Waals surface area contributed by atoms with Gasteiger partial charge in [0.2, 0.25) is 0 Å². The largest absolute Gasteiger partial charge is 0.315 e. The van der Waals surface area contributed by atoms with Crippen molar-refractivity contribution in [2.45, 2.75) is 70.4 Å². The van der Waals surface area contributed by atoms with Gasteiger partial charge in [0.1, 0.15) is 0 Å². The molecule has 1 saturated heterocycles. The van der Waals surface area contributed by atoms with Gasteiger partial charge in [-0.3, -0.25) is 4.90 Å². The Morgan fingerprint density at radius 2 is 1.70 bits per heavy atom. The number of nitrogens with zero attached hydrogens (tertiary/aromatic N) is 1. The van der Waals surface area contributed by atoms with Crippen LogP contribution in [-0.2, 0) is 0 Å². The van der Waals surface area contributed by atoms with Crippen LogP contribution in [0.2, 0.25) is 0 Å². The summed E-state index contributed by atoms with van der Waals surface area (Å²) in [6.45, 7) is 5.08. The van der Waals surface area contributed by atoms with Crippen LogP contribution in [0, 0.1) is 23.2 Å². The van der Waals surface area contributed by atoms with Crippen LogP contribution in [0.3, 0.4) is 0 Å². The third-order valence-electron chi connectivity index (χ3n) is 7.28. The van der Waals surface area contributed by atoms with Crippen LogP contribution in [0.15, 0.2) is 0 Å². The topological polar surface area (TPSA) is 15.3 Å². The van der Waals surface area contributed by atoms with E-state index in [9.17, 15) is 0 Å². The van der Waals surface area contributed by atoms with Crippen LogP contribution >= 0.6 is 0 Å². The average Bonchev–Trinajstić information content (AvgIpc) is 2.79. The molecule has 0 spiro atoms. The monoisotopic (exact) mass is 276 g/mol. The minimum atomic E-state index is 0.659. The van der Waals surface area contributed by atoms with Gasteiger partial charge in [-0.2, -0.15) is 0 Å². The number of likely N-dealkylation sites (N-methyl/N-ethyl adjacent to an activating group) is 1. The zero-order valence-corrected chi connectivity index (χ0v) is 13.4. The van der Waals surface area contributed by atoms with Crippen molar-refractivity contribution >= 4 is 0 Å². The van der Waals surface area contributed by atoms with Crippen LogP contribution in [0.1, 0.15) is 58.3 Å². The van der Waals surface area contributed by atoms with Gasteiger partial charge in [0, 0.05) is 18.6 Å². The second-order valence-corrected chi connectivity index (χ2v) is 8.61. The lowest BCUT2D eigenvalue weighted by molar-refractivity contribution is -0.0778. The Labute approximate surface area is 124 Å². The van der Waals surface area contributed by atoms with E-state index < -0.39 is 0 Å². The van der Waals surface area contributed by atoms with Crippen LogP contribution in [0.4, 0.5) is 0 Å². The van der Waals surface area contributed by atoms with E-state index in [-0.39, 0.29) is 0 Å². The minimum absolute atomic E-state index is 0.659. The van der Waals surface area contributed by atoms with Crippen molar-refractivity contribution in [2.75, 3.05) is 20.1 Å². The van der Waals surface area contributed by atoms with E-state index in [4.69, 9.17) is 0 Å². The normalized spacial score (nSPS) is 48.9. The maximum absolute atomic E-state index is 3.76. The Morgan fingerprint density at radius 3 is 2.15 bits per heavy atom.